The largest absolute Gasteiger partial charge is 0.456 e. The van der Waals surface area contributed by atoms with Crippen LogP contribution in [0.15, 0.2) is 16.5 Å². The lowest BCUT2D eigenvalue weighted by Gasteiger charge is -2.01. The van der Waals surface area contributed by atoms with Gasteiger partial charge in [0.25, 0.3) is 5.91 Å². The van der Waals surface area contributed by atoms with Gasteiger partial charge in [-0.05, 0) is 50.3 Å². The molecule has 108 valence electrons. The van der Waals surface area contributed by atoms with Gasteiger partial charge >= 0.3 is 0 Å². The topological polar surface area (TPSA) is 66.0 Å². The highest BCUT2D eigenvalue weighted by Gasteiger charge is 2.22. The Bertz CT molecular complexity index is 721. The number of nitrogens with zero attached hydrogens (tertiary/aromatic N) is 1. The van der Waals surface area contributed by atoms with Crippen molar-refractivity contribution in [3.05, 3.63) is 39.7 Å². The first-order valence-corrected chi connectivity index (χ1v) is 7.93. The molecule has 5 heteroatoms. The van der Waals surface area contributed by atoms with Gasteiger partial charge in [0.1, 0.15) is 16.8 Å². The minimum Gasteiger partial charge on any atom is -0.456 e. The summed E-state index contributed by atoms with van der Waals surface area (Å²) in [6.07, 6.45) is 5.42. The summed E-state index contributed by atoms with van der Waals surface area (Å²) in [7, 11) is 0. The molecule has 0 bridgehead atoms. The molecule has 0 radical (unpaired) electrons. The predicted octanol–water partition coefficient (Wildman–Crippen LogP) is 4.04. The molecule has 4 nitrogen and oxygen atoms in total. The van der Waals surface area contributed by atoms with E-state index in [-0.39, 0.29) is 11.7 Å². The van der Waals surface area contributed by atoms with Crippen LogP contribution in [-0.4, -0.2) is 5.91 Å². The SMILES string of the molecule is Cc1ccc(C(=O)Nc2sc3c(c2C#N)CCCCC3)o1. The van der Waals surface area contributed by atoms with Crippen molar-refractivity contribution < 1.29 is 9.21 Å². The summed E-state index contributed by atoms with van der Waals surface area (Å²) < 4.78 is 5.32. The van der Waals surface area contributed by atoms with Gasteiger partial charge < -0.3 is 9.73 Å². The number of hydrogen-bond donors (Lipinski definition) is 1. The molecule has 0 aromatic carbocycles. The van der Waals surface area contributed by atoms with Crippen molar-refractivity contribution in [1.82, 2.24) is 0 Å². The van der Waals surface area contributed by atoms with Crippen LogP contribution in [0.1, 0.15) is 51.6 Å². The molecule has 2 aromatic rings. The predicted molar refractivity (Wildman–Crippen MR) is 81.7 cm³/mol. The summed E-state index contributed by atoms with van der Waals surface area (Å²) in [6.45, 7) is 1.80. The fraction of sp³-hybridized carbons (Fsp3) is 0.375. The number of aryl methyl sites for hydroxylation is 2. The Morgan fingerprint density at radius 1 is 1.33 bits per heavy atom. The molecule has 0 aliphatic heterocycles. The number of thiophene rings is 1. The van der Waals surface area contributed by atoms with Crippen molar-refractivity contribution >= 4 is 22.2 Å². The molecule has 0 atom stereocenters. The minimum absolute atomic E-state index is 0.278. The van der Waals surface area contributed by atoms with Crippen LogP contribution in [0.4, 0.5) is 5.00 Å². The Labute approximate surface area is 127 Å². The molecule has 1 aliphatic carbocycles. The van der Waals surface area contributed by atoms with Crippen molar-refractivity contribution in [2.24, 2.45) is 0 Å². The Kier molecular flexibility index (Phi) is 3.80. The molecule has 1 N–H and O–H groups in total. The minimum atomic E-state index is -0.295. The highest BCUT2D eigenvalue weighted by molar-refractivity contribution is 7.16. The van der Waals surface area contributed by atoms with Gasteiger partial charge in [0.15, 0.2) is 5.76 Å². The van der Waals surface area contributed by atoms with E-state index in [9.17, 15) is 10.1 Å². The first-order chi connectivity index (χ1) is 10.2. The highest BCUT2D eigenvalue weighted by Crippen LogP contribution is 2.37. The molecule has 1 amide bonds. The van der Waals surface area contributed by atoms with E-state index in [2.05, 4.69) is 11.4 Å². The lowest BCUT2D eigenvalue weighted by atomic mass is 10.1. The van der Waals surface area contributed by atoms with Crippen LogP contribution in [-0.2, 0) is 12.8 Å². The normalized spacial score (nSPS) is 14.1. The maximum Gasteiger partial charge on any atom is 0.292 e. The van der Waals surface area contributed by atoms with Crippen LogP contribution in [0.2, 0.25) is 0 Å². The van der Waals surface area contributed by atoms with Crippen molar-refractivity contribution in [3.8, 4) is 6.07 Å². The highest BCUT2D eigenvalue weighted by atomic mass is 32.1. The average molecular weight is 300 g/mol. The number of fused-ring (bicyclic) bond motifs is 1. The standard InChI is InChI=1S/C16H16N2O2S/c1-10-7-8-13(20-10)15(19)18-16-12(9-17)11-5-3-2-4-6-14(11)21-16/h7-8H,2-6H2,1H3,(H,18,19). The van der Waals surface area contributed by atoms with E-state index in [1.807, 2.05) is 0 Å². The van der Waals surface area contributed by atoms with E-state index in [0.29, 0.717) is 16.3 Å². The quantitative estimate of drug-likeness (QED) is 0.851. The first kappa shape index (κ1) is 13.9. The zero-order chi connectivity index (χ0) is 14.8. The first-order valence-electron chi connectivity index (χ1n) is 7.11. The Morgan fingerprint density at radius 2 is 2.14 bits per heavy atom. The summed E-state index contributed by atoms with van der Waals surface area (Å²) in [5, 5.41) is 12.9. The Hall–Kier alpha value is -2.06. The summed E-state index contributed by atoms with van der Waals surface area (Å²) in [4.78, 5) is 13.4. The number of nitrogens with one attached hydrogen (secondary N) is 1. The molecule has 2 heterocycles. The molecule has 0 spiro atoms. The molecule has 3 rings (SSSR count). The third-order valence-electron chi connectivity index (χ3n) is 3.72. The van der Waals surface area contributed by atoms with Crippen LogP contribution in [0, 0.1) is 18.3 Å². The Balaban J connectivity index is 1.89. The number of carbonyl (C=O) groups excluding carboxylic acids is 1. The molecule has 1 aliphatic rings. The van der Waals surface area contributed by atoms with Crippen LogP contribution in [0.3, 0.4) is 0 Å². The zero-order valence-corrected chi connectivity index (χ0v) is 12.7. The number of anilines is 1. The second-order valence-corrected chi connectivity index (χ2v) is 6.35. The van der Waals surface area contributed by atoms with E-state index < -0.39 is 0 Å². The number of hydrogen-bond acceptors (Lipinski definition) is 4. The van der Waals surface area contributed by atoms with E-state index in [1.165, 1.54) is 22.6 Å². The van der Waals surface area contributed by atoms with Gasteiger partial charge in [-0.1, -0.05) is 6.42 Å². The number of carbonyl (C=O) groups is 1. The third kappa shape index (κ3) is 2.72. The molecule has 0 saturated carbocycles. The third-order valence-corrected chi connectivity index (χ3v) is 4.93. The van der Waals surface area contributed by atoms with Gasteiger partial charge in [-0.2, -0.15) is 5.26 Å². The van der Waals surface area contributed by atoms with E-state index >= 15 is 0 Å². The van der Waals surface area contributed by atoms with Gasteiger partial charge in [0, 0.05) is 4.88 Å². The Morgan fingerprint density at radius 3 is 2.86 bits per heavy atom. The molecule has 0 unspecified atom stereocenters. The number of furan rings is 1. The van der Waals surface area contributed by atoms with Gasteiger partial charge in [0.05, 0.1) is 5.56 Å². The molecule has 0 saturated heterocycles. The van der Waals surface area contributed by atoms with E-state index in [1.54, 1.807) is 19.1 Å². The lowest BCUT2D eigenvalue weighted by Crippen LogP contribution is -2.10. The summed E-state index contributed by atoms with van der Waals surface area (Å²) >= 11 is 1.53. The molecular formula is C16H16N2O2S. The van der Waals surface area contributed by atoms with Gasteiger partial charge in [-0.15, -0.1) is 11.3 Å². The average Bonchev–Trinajstić information content (AvgIpc) is 2.96. The fourth-order valence-corrected chi connectivity index (χ4v) is 3.91. The van der Waals surface area contributed by atoms with E-state index in [4.69, 9.17) is 4.42 Å². The van der Waals surface area contributed by atoms with Crippen molar-refractivity contribution in [1.29, 1.82) is 5.26 Å². The van der Waals surface area contributed by atoms with Gasteiger partial charge in [-0.3, -0.25) is 4.79 Å². The number of nitriles is 1. The van der Waals surface area contributed by atoms with Crippen LogP contribution in [0.25, 0.3) is 0 Å². The molecular weight excluding hydrogens is 284 g/mol. The zero-order valence-electron chi connectivity index (χ0n) is 11.9. The maximum atomic E-state index is 12.2. The smallest absolute Gasteiger partial charge is 0.292 e. The van der Waals surface area contributed by atoms with Crippen LogP contribution < -0.4 is 5.32 Å². The summed E-state index contributed by atoms with van der Waals surface area (Å²) in [5.41, 5.74) is 1.76. The maximum absolute atomic E-state index is 12.2. The van der Waals surface area contributed by atoms with Gasteiger partial charge in [0.2, 0.25) is 0 Å². The molecule has 0 fully saturated rings. The molecule has 2 aromatic heterocycles. The fourth-order valence-electron chi connectivity index (χ4n) is 2.67. The van der Waals surface area contributed by atoms with Gasteiger partial charge in [-0.25, -0.2) is 0 Å². The second kappa shape index (κ2) is 5.74. The van der Waals surface area contributed by atoms with Crippen molar-refractivity contribution in [3.63, 3.8) is 0 Å². The van der Waals surface area contributed by atoms with E-state index in [0.717, 1.165) is 31.2 Å². The molecule has 21 heavy (non-hydrogen) atoms. The van der Waals surface area contributed by atoms with Crippen molar-refractivity contribution in [2.75, 3.05) is 5.32 Å². The van der Waals surface area contributed by atoms with Crippen LogP contribution in [0.5, 0.6) is 0 Å². The number of rotatable bonds is 2. The lowest BCUT2D eigenvalue weighted by molar-refractivity contribution is 0.0996. The summed E-state index contributed by atoms with van der Waals surface area (Å²) in [5.74, 6) is 0.679. The monoisotopic (exact) mass is 300 g/mol. The second-order valence-electron chi connectivity index (χ2n) is 5.24. The summed E-state index contributed by atoms with van der Waals surface area (Å²) in [6, 6.07) is 5.66. The van der Waals surface area contributed by atoms with Crippen molar-refractivity contribution in [2.45, 2.75) is 39.0 Å². The van der Waals surface area contributed by atoms with Crippen LogP contribution >= 0.6 is 11.3 Å². The number of amides is 1.